The second-order valence-corrected chi connectivity index (χ2v) is 5.93. The number of nitrogens with one attached hydrogen (secondary N) is 1. The fraction of sp³-hybridized carbons (Fsp3) is 0.750. The van der Waals surface area contributed by atoms with Gasteiger partial charge < -0.3 is 5.32 Å². The first-order chi connectivity index (χ1) is 7.02. The third kappa shape index (κ3) is 2.23. The minimum absolute atomic E-state index is 0.104. The minimum Gasteiger partial charge on any atom is -0.303 e. The molecule has 1 aromatic heterocycles. The Balaban J connectivity index is 2.25. The van der Waals surface area contributed by atoms with E-state index in [4.69, 9.17) is 0 Å². The summed E-state index contributed by atoms with van der Waals surface area (Å²) < 4.78 is 0. The van der Waals surface area contributed by atoms with E-state index in [0.29, 0.717) is 6.04 Å². The van der Waals surface area contributed by atoms with Crippen molar-refractivity contribution in [3.63, 3.8) is 0 Å². The first kappa shape index (κ1) is 11.1. The molecule has 1 unspecified atom stereocenters. The third-order valence-electron chi connectivity index (χ3n) is 3.05. The Kier molecular flexibility index (Phi) is 2.86. The van der Waals surface area contributed by atoms with Crippen molar-refractivity contribution in [2.75, 3.05) is 0 Å². The SMILES string of the molecule is Cc1csc(C(C)(NC(C)C)C2CC2)n1. The molecule has 0 amide bonds. The number of thiazole rings is 1. The van der Waals surface area contributed by atoms with Gasteiger partial charge in [-0.1, -0.05) is 0 Å². The van der Waals surface area contributed by atoms with E-state index in [1.165, 1.54) is 17.8 Å². The molecule has 84 valence electrons. The summed E-state index contributed by atoms with van der Waals surface area (Å²) in [7, 11) is 0. The van der Waals surface area contributed by atoms with Crippen LogP contribution in [-0.4, -0.2) is 11.0 Å². The number of rotatable bonds is 4. The predicted octanol–water partition coefficient (Wildman–Crippen LogP) is 3.07. The van der Waals surface area contributed by atoms with Gasteiger partial charge in [0.1, 0.15) is 5.01 Å². The molecule has 1 aliphatic rings. The van der Waals surface area contributed by atoms with Gasteiger partial charge in [0.15, 0.2) is 0 Å². The molecule has 0 radical (unpaired) electrons. The molecule has 15 heavy (non-hydrogen) atoms. The van der Waals surface area contributed by atoms with Gasteiger partial charge in [0, 0.05) is 17.1 Å². The van der Waals surface area contributed by atoms with E-state index in [0.717, 1.165) is 11.6 Å². The van der Waals surface area contributed by atoms with Crippen LogP contribution in [0.2, 0.25) is 0 Å². The maximum Gasteiger partial charge on any atom is 0.113 e. The Hall–Kier alpha value is -0.410. The highest BCUT2D eigenvalue weighted by Crippen LogP contribution is 2.46. The predicted molar refractivity (Wildman–Crippen MR) is 65.2 cm³/mol. The van der Waals surface area contributed by atoms with Crippen LogP contribution in [0.3, 0.4) is 0 Å². The molecule has 1 aromatic rings. The highest BCUT2D eigenvalue weighted by Gasteiger charge is 2.44. The molecule has 0 spiro atoms. The van der Waals surface area contributed by atoms with Gasteiger partial charge >= 0.3 is 0 Å². The summed E-state index contributed by atoms with van der Waals surface area (Å²) in [6.45, 7) is 8.80. The van der Waals surface area contributed by atoms with Gasteiger partial charge in [0.2, 0.25) is 0 Å². The summed E-state index contributed by atoms with van der Waals surface area (Å²) in [4.78, 5) is 4.65. The molecular formula is C12H20N2S. The van der Waals surface area contributed by atoms with Crippen LogP contribution in [0.4, 0.5) is 0 Å². The van der Waals surface area contributed by atoms with Crippen LogP contribution in [0.15, 0.2) is 5.38 Å². The molecule has 1 heterocycles. The lowest BCUT2D eigenvalue weighted by Gasteiger charge is -2.31. The van der Waals surface area contributed by atoms with Crippen LogP contribution in [0.5, 0.6) is 0 Å². The second-order valence-electron chi connectivity index (χ2n) is 5.07. The van der Waals surface area contributed by atoms with Crippen LogP contribution < -0.4 is 5.32 Å². The highest BCUT2D eigenvalue weighted by molar-refractivity contribution is 7.09. The van der Waals surface area contributed by atoms with Crippen molar-refractivity contribution in [1.82, 2.24) is 10.3 Å². The fourth-order valence-electron chi connectivity index (χ4n) is 2.21. The van der Waals surface area contributed by atoms with Gasteiger partial charge in [-0.2, -0.15) is 0 Å². The van der Waals surface area contributed by atoms with E-state index in [9.17, 15) is 0 Å². The topological polar surface area (TPSA) is 24.9 Å². The summed E-state index contributed by atoms with van der Waals surface area (Å²) in [5.74, 6) is 0.783. The van der Waals surface area contributed by atoms with E-state index in [1.54, 1.807) is 11.3 Å². The quantitative estimate of drug-likeness (QED) is 0.850. The van der Waals surface area contributed by atoms with Crippen molar-refractivity contribution in [2.45, 2.75) is 52.1 Å². The Morgan fingerprint density at radius 2 is 2.20 bits per heavy atom. The molecule has 1 saturated carbocycles. The minimum atomic E-state index is 0.104. The molecule has 1 fully saturated rings. The number of hydrogen-bond donors (Lipinski definition) is 1. The first-order valence-corrected chi connectivity index (χ1v) is 6.60. The zero-order chi connectivity index (χ0) is 11.1. The molecule has 1 aliphatic carbocycles. The van der Waals surface area contributed by atoms with E-state index in [1.807, 2.05) is 0 Å². The van der Waals surface area contributed by atoms with Gasteiger partial charge in [-0.15, -0.1) is 11.3 Å². The molecule has 1 atom stereocenters. The second kappa shape index (κ2) is 3.87. The van der Waals surface area contributed by atoms with Crippen molar-refractivity contribution < 1.29 is 0 Å². The van der Waals surface area contributed by atoms with Crippen molar-refractivity contribution >= 4 is 11.3 Å². The Morgan fingerprint density at radius 1 is 1.53 bits per heavy atom. The largest absolute Gasteiger partial charge is 0.303 e. The maximum atomic E-state index is 4.65. The maximum absolute atomic E-state index is 4.65. The summed E-state index contributed by atoms with van der Waals surface area (Å²) in [5, 5.41) is 7.11. The summed E-state index contributed by atoms with van der Waals surface area (Å²) in [6, 6.07) is 0.514. The molecule has 3 heteroatoms. The summed E-state index contributed by atoms with van der Waals surface area (Å²) in [6.07, 6.45) is 2.68. The lowest BCUT2D eigenvalue weighted by Crippen LogP contribution is -2.45. The van der Waals surface area contributed by atoms with Gasteiger partial charge in [-0.25, -0.2) is 4.98 Å². The molecule has 2 rings (SSSR count). The van der Waals surface area contributed by atoms with Crippen LogP contribution in [0, 0.1) is 12.8 Å². The monoisotopic (exact) mass is 224 g/mol. The molecular weight excluding hydrogens is 204 g/mol. The number of nitrogens with zero attached hydrogens (tertiary/aromatic N) is 1. The molecule has 0 aliphatic heterocycles. The van der Waals surface area contributed by atoms with E-state index < -0.39 is 0 Å². The summed E-state index contributed by atoms with van der Waals surface area (Å²) >= 11 is 1.79. The van der Waals surface area contributed by atoms with Gasteiger partial charge in [-0.05, 0) is 46.5 Å². The van der Waals surface area contributed by atoms with Crippen LogP contribution in [0.1, 0.15) is 44.3 Å². The number of hydrogen-bond acceptors (Lipinski definition) is 3. The molecule has 0 aromatic carbocycles. The molecule has 0 bridgehead atoms. The van der Waals surface area contributed by atoms with E-state index in [-0.39, 0.29) is 5.54 Å². The zero-order valence-electron chi connectivity index (χ0n) is 10.0. The lowest BCUT2D eigenvalue weighted by molar-refractivity contribution is 0.290. The number of aromatic nitrogens is 1. The zero-order valence-corrected chi connectivity index (χ0v) is 10.8. The average Bonchev–Trinajstić information content (AvgIpc) is 2.89. The van der Waals surface area contributed by atoms with Crippen molar-refractivity contribution in [1.29, 1.82) is 0 Å². The van der Waals surface area contributed by atoms with E-state index in [2.05, 4.69) is 43.4 Å². The Morgan fingerprint density at radius 3 is 2.60 bits per heavy atom. The smallest absolute Gasteiger partial charge is 0.113 e. The van der Waals surface area contributed by atoms with Crippen LogP contribution >= 0.6 is 11.3 Å². The molecule has 1 N–H and O–H groups in total. The number of aryl methyl sites for hydroxylation is 1. The van der Waals surface area contributed by atoms with Gasteiger partial charge in [0.05, 0.1) is 5.54 Å². The fourth-order valence-corrected chi connectivity index (χ4v) is 3.21. The first-order valence-electron chi connectivity index (χ1n) is 5.72. The van der Waals surface area contributed by atoms with Crippen LogP contribution in [-0.2, 0) is 5.54 Å². The standard InChI is InChI=1S/C12H20N2S/c1-8(2)14-12(4,10-5-6-10)11-13-9(3)7-15-11/h7-8,10,14H,5-6H2,1-4H3. The van der Waals surface area contributed by atoms with Crippen molar-refractivity contribution in [3.05, 3.63) is 16.1 Å². The average molecular weight is 224 g/mol. The van der Waals surface area contributed by atoms with E-state index >= 15 is 0 Å². The summed E-state index contributed by atoms with van der Waals surface area (Å²) in [5.41, 5.74) is 1.25. The molecule has 0 saturated heterocycles. The Labute approximate surface area is 96.1 Å². The Bertz CT molecular complexity index is 341. The van der Waals surface area contributed by atoms with Crippen LogP contribution in [0.25, 0.3) is 0 Å². The third-order valence-corrected chi connectivity index (χ3v) is 4.24. The van der Waals surface area contributed by atoms with Gasteiger partial charge in [0.25, 0.3) is 0 Å². The highest BCUT2D eigenvalue weighted by atomic mass is 32.1. The molecule has 2 nitrogen and oxygen atoms in total. The lowest BCUT2D eigenvalue weighted by atomic mass is 9.95. The van der Waals surface area contributed by atoms with Gasteiger partial charge in [-0.3, -0.25) is 0 Å². The van der Waals surface area contributed by atoms with Crippen molar-refractivity contribution in [3.8, 4) is 0 Å². The van der Waals surface area contributed by atoms with Crippen molar-refractivity contribution in [2.24, 2.45) is 5.92 Å². The normalized spacial score (nSPS) is 20.6.